The summed E-state index contributed by atoms with van der Waals surface area (Å²) >= 11 is 0. The molecule has 1 rings (SSSR count). The molecule has 1 aliphatic rings. The first-order valence-corrected chi connectivity index (χ1v) is 2.70. The summed E-state index contributed by atoms with van der Waals surface area (Å²) in [6.07, 6.45) is 4.90. The zero-order valence-corrected chi connectivity index (χ0v) is 4.82. The molecule has 0 aromatic heterocycles. The van der Waals surface area contributed by atoms with Crippen LogP contribution in [0.25, 0.3) is 0 Å². The Bertz CT molecular complexity index is 172. The van der Waals surface area contributed by atoms with E-state index in [1.165, 1.54) is 0 Å². The molecule has 1 aliphatic heterocycles. The number of carbonyl (C=O) groups is 1. The Kier molecular flexibility index (Phi) is 1.63. The smallest absolute Gasteiger partial charge is 0.312 e. The van der Waals surface area contributed by atoms with Crippen LogP contribution in [0.5, 0.6) is 0 Å². The number of aliphatic imine (C=N–C) groups is 1. The van der Waals surface area contributed by atoms with Crippen LogP contribution in [-0.2, 0) is 4.79 Å². The fourth-order valence-electron chi connectivity index (χ4n) is 0.640. The third-order valence-electron chi connectivity index (χ3n) is 1.15. The van der Waals surface area contributed by atoms with Crippen molar-refractivity contribution in [3.63, 3.8) is 0 Å². The molecular formula is C6H7NO2. The Morgan fingerprint density at radius 1 is 1.78 bits per heavy atom. The standard InChI is InChI=1S/C6H7NO2/c8-6(9)5-2-1-3-7-4-5/h1-3,5H,4H2,(H,8,9). The monoisotopic (exact) mass is 125 g/mol. The van der Waals surface area contributed by atoms with Crippen molar-refractivity contribution < 1.29 is 9.90 Å². The van der Waals surface area contributed by atoms with E-state index in [-0.39, 0.29) is 0 Å². The highest BCUT2D eigenvalue weighted by Crippen LogP contribution is 2.02. The van der Waals surface area contributed by atoms with Crippen LogP contribution in [0.1, 0.15) is 0 Å². The maximum atomic E-state index is 10.2. The van der Waals surface area contributed by atoms with E-state index in [4.69, 9.17) is 5.11 Å². The number of hydrogen-bond acceptors (Lipinski definition) is 2. The number of dihydropyridines is 1. The number of carboxylic acid groups (broad SMARTS) is 1. The molecule has 0 saturated heterocycles. The van der Waals surface area contributed by atoms with Crippen LogP contribution >= 0.6 is 0 Å². The van der Waals surface area contributed by atoms with Crippen molar-refractivity contribution in [2.45, 2.75) is 0 Å². The second-order valence-electron chi connectivity index (χ2n) is 1.84. The van der Waals surface area contributed by atoms with Crippen LogP contribution in [0, 0.1) is 5.92 Å². The molecule has 0 aliphatic carbocycles. The van der Waals surface area contributed by atoms with Crippen LogP contribution in [0.15, 0.2) is 17.1 Å². The van der Waals surface area contributed by atoms with E-state index in [0.717, 1.165) is 0 Å². The highest BCUT2D eigenvalue weighted by Gasteiger charge is 2.13. The lowest BCUT2D eigenvalue weighted by molar-refractivity contribution is -0.139. The summed E-state index contributed by atoms with van der Waals surface area (Å²) in [6.45, 7) is 0.381. The number of hydrogen-bond donors (Lipinski definition) is 1. The molecule has 3 heteroatoms. The second-order valence-corrected chi connectivity index (χ2v) is 1.84. The van der Waals surface area contributed by atoms with Gasteiger partial charge in [-0.3, -0.25) is 9.79 Å². The molecule has 0 bridgehead atoms. The first-order valence-electron chi connectivity index (χ1n) is 2.70. The minimum Gasteiger partial charge on any atom is -0.481 e. The fourth-order valence-corrected chi connectivity index (χ4v) is 0.640. The van der Waals surface area contributed by atoms with E-state index in [0.29, 0.717) is 6.54 Å². The van der Waals surface area contributed by atoms with E-state index in [1.807, 2.05) is 0 Å². The molecule has 48 valence electrons. The van der Waals surface area contributed by atoms with Crippen LogP contribution < -0.4 is 0 Å². The Morgan fingerprint density at radius 3 is 2.89 bits per heavy atom. The SMILES string of the molecule is O=C(O)C1C=CC=NC1. The van der Waals surface area contributed by atoms with Crippen molar-refractivity contribution in [2.24, 2.45) is 10.9 Å². The fraction of sp³-hybridized carbons (Fsp3) is 0.333. The predicted octanol–water partition coefficient (Wildman–Crippen LogP) is 0.328. The number of nitrogens with zero attached hydrogens (tertiary/aromatic N) is 1. The van der Waals surface area contributed by atoms with Gasteiger partial charge in [0.1, 0.15) is 0 Å². The van der Waals surface area contributed by atoms with Crippen LogP contribution in [0.4, 0.5) is 0 Å². The largest absolute Gasteiger partial charge is 0.481 e. The second kappa shape index (κ2) is 2.44. The van der Waals surface area contributed by atoms with Crippen molar-refractivity contribution in [2.75, 3.05) is 6.54 Å². The van der Waals surface area contributed by atoms with Gasteiger partial charge in [-0.1, -0.05) is 6.08 Å². The molecule has 1 unspecified atom stereocenters. The predicted molar refractivity (Wildman–Crippen MR) is 33.6 cm³/mol. The van der Waals surface area contributed by atoms with Gasteiger partial charge in [0.15, 0.2) is 0 Å². The third-order valence-corrected chi connectivity index (χ3v) is 1.15. The maximum Gasteiger partial charge on any atom is 0.312 e. The molecule has 0 saturated carbocycles. The molecule has 1 atom stereocenters. The van der Waals surface area contributed by atoms with Gasteiger partial charge in [0.25, 0.3) is 0 Å². The maximum absolute atomic E-state index is 10.2. The summed E-state index contributed by atoms with van der Waals surface area (Å²) < 4.78 is 0. The number of carboxylic acids is 1. The lowest BCUT2D eigenvalue weighted by atomic mass is 10.1. The topological polar surface area (TPSA) is 49.7 Å². The molecule has 0 spiro atoms. The van der Waals surface area contributed by atoms with Crippen LogP contribution in [0.3, 0.4) is 0 Å². The summed E-state index contributed by atoms with van der Waals surface area (Å²) in [5.41, 5.74) is 0. The molecule has 0 fully saturated rings. The first kappa shape index (κ1) is 6.01. The molecule has 3 nitrogen and oxygen atoms in total. The average molecular weight is 125 g/mol. The highest BCUT2D eigenvalue weighted by molar-refractivity contribution is 5.79. The van der Waals surface area contributed by atoms with Gasteiger partial charge in [0, 0.05) is 6.21 Å². The van der Waals surface area contributed by atoms with Gasteiger partial charge in [-0.25, -0.2) is 0 Å². The van der Waals surface area contributed by atoms with Gasteiger partial charge in [-0.05, 0) is 6.08 Å². The summed E-state index contributed by atoms with van der Waals surface area (Å²) in [5.74, 6) is -1.21. The van der Waals surface area contributed by atoms with E-state index in [2.05, 4.69) is 4.99 Å². The van der Waals surface area contributed by atoms with Gasteiger partial charge in [-0.15, -0.1) is 0 Å². The van der Waals surface area contributed by atoms with Gasteiger partial charge >= 0.3 is 5.97 Å². The summed E-state index contributed by atoms with van der Waals surface area (Å²) in [7, 11) is 0. The Labute approximate surface area is 52.7 Å². The van der Waals surface area contributed by atoms with Crippen molar-refractivity contribution in [3.8, 4) is 0 Å². The van der Waals surface area contributed by atoms with Crippen molar-refractivity contribution >= 4 is 12.2 Å². The molecule has 1 N–H and O–H groups in total. The number of rotatable bonds is 1. The molecule has 0 aromatic carbocycles. The lowest BCUT2D eigenvalue weighted by Gasteiger charge is -2.04. The van der Waals surface area contributed by atoms with Gasteiger partial charge in [0.2, 0.25) is 0 Å². The Morgan fingerprint density at radius 2 is 2.56 bits per heavy atom. The normalized spacial score (nSPS) is 24.2. The molecule has 0 aromatic rings. The minimum absolute atomic E-state index is 0.381. The molecular weight excluding hydrogens is 118 g/mol. The molecule has 0 radical (unpaired) electrons. The molecule has 9 heavy (non-hydrogen) atoms. The minimum atomic E-state index is -0.803. The summed E-state index contributed by atoms with van der Waals surface area (Å²) in [5, 5.41) is 8.41. The van der Waals surface area contributed by atoms with Crippen LogP contribution in [-0.4, -0.2) is 23.8 Å². The van der Waals surface area contributed by atoms with E-state index in [1.54, 1.807) is 18.4 Å². The Balaban J connectivity index is 2.56. The van der Waals surface area contributed by atoms with Gasteiger partial charge in [-0.2, -0.15) is 0 Å². The van der Waals surface area contributed by atoms with Crippen molar-refractivity contribution in [1.82, 2.24) is 0 Å². The summed E-state index contributed by atoms with van der Waals surface area (Å²) in [6, 6.07) is 0. The van der Waals surface area contributed by atoms with E-state index in [9.17, 15) is 4.79 Å². The quantitative estimate of drug-likeness (QED) is 0.549. The van der Waals surface area contributed by atoms with Crippen LogP contribution in [0.2, 0.25) is 0 Å². The number of aliphatic carboxylic acids is 1. The summed E-state index contributed by atoms with van der Waals surface area (Å²) in [4.78, 5) is 14.0. The average Bonchev–Trinajstić information content (AvgIpc) is 1.90. The van der Waals surface area contributed by atoms with Crippen molar-refractivity contribution in [1.29, 1.82) is 0 Å². The number of allylic oxidation sites excluding steroid dienone is 1. The van der Waals surface area contributed by atoms with E-state index < -0.39 is 11.9 Å². The Hall–Kier alpha value is -1.12. The molecule has 0 amide bonds. The lowest BCUT2D eigenvalue weighted by Crippen LogP contribution is -2.15. The van der Waals surface area contributed by atoms with Crippen molar-refractivity contribution in [3.05, 3.63) is 12.2 Å². The third kappa shape index (κ3) is 1.38. The highest BCUT2D eigenvalue weighted by atomic mass is 16.4. The zero-order valence-electron chi connectivity index (χ0n) is 4.82. The first-order chi connectivity index (χ1) is 4.30. The zero-order chi connectivity index (χ0) is 6.69. The van der Waals surface area contributed by atoms with Gasteiger partial charge in [0.05, 0.1) is 12.5 Å². The molecule has 1 heterocycles. The van der Waals surface area contributed by atoms with E-state index >= 15 is 0 Å². The van der Waals surface area contributed by atoms with Gasteiger partial charge < -0.3 is 5.11 Å².